The quantitative estimate of drug-likeness (QED) is 0.114. The van der Waals surface area contributed by atoms with Crippen molar-refractivity contribution in [3.63, 3.8) is 0 Å². The fourth-order valence-electron chi connectivity index (χ4n) is 10.6. The van der Waals surface area contributed by atoms with Crippen molar-refractivity contribution < 1.29 is 63.1 Å². The molecule has 2 aliphatic heterocycles. The van der Waals surface area contributed by atoms with Crippen LogP contribution in [-0.2, 0) is 38.2 Å². The fourth-order valence-corrected chi connectivity index (χ4v) is 10.6. The molecule has 4 saturated carbocycles. The monoisotopic (exact) mass is 1070 g/mol. The zero-order valence-electron chi connectivity index (χ0n) is 46.7. The predicted octanol–water partition coefficient (Wildman–Crippen LogP) is 3.42. The summed E-state index contributed by atoms with van der Waals surface area (Å²) in [6, 6.07) is -4.67. The van der Waals surface area contributed by atoms with Crippen LogP contribution in [0.5, 0.6) is 0 Å². The number of aliphatic hydroxyl groups excluding tert-OH is 2. The minimum atomic E-state index is -1.50. The van der Waals surface area contributed by atoms with Gasteiger partial charge in [0.1, 0.15) is 41.5 Å². The number of carbonyl (C=O) groups excluding carboxylic acids is 7. The normalized spacial score (nSPS) is 26.6. The lowest BCUT2D eigenvalue weighted by atomic mass is 9.85. The lowest BCUT2D eigenvalue weighted by Crippen LogP contribution is -2.61. The number of carboxylic acids is 1. The van der Waals surface area contributed by atoms with E-state index in [1.807, 2.05) is 55.4 Å². The van der Waals surface area contributed by atoms with Gasteiger partial charge in [-0.3, -0.25) is 24.0 Å². The highest BCUT2D eigenvalue weighted by Gasteiger charge is 2.71. The number of aliphatic carboxylic acids is 1. The first-order chi connectivity index (χ1) is 33.0. The van der Waals surface area contributed by atoms with E-state index in [2.05, 4.69) is 29.8 Å². The van der Waals surface area contributed by atoms with Crippen molar-refractivity contribution in [2.75, 3.05) is 13.1 Å². The van der Waals surface area contributed by atoms with Crippen molar-refractivity contribution in [1.29, 1.82) is 0 Å². The molecule has 8 unspecified atom stereocenters. The Morgan fingerprint density at radius 2 is 0.946 bits per heavy atom. The predicted molar refractivity (Wildman–Crippen MR) is 278 cm³/mol. The number of carboxylic acid groups (broad SMARTS) is 1. The highest BCUT2D eigenvalue weighted by Crippen LogP contribution is 2.66. The van der Waals surface area contributed by atoms with Crippen LogP contribution in [0.15, 0.2) is 0 Å². The molecule has 22 heteroatoms. The van der Waals surface area contributed by atoms with E-state index in [9.17, 15) is 48.6 Å². The first-order valence-electron chi connectivity index (χ1n) is 25.9. The highest BCUT2D eigenvalue weighted by molar-refractivity contribution is 5.94. The zero-order valence-corrected chi connectivity index (χ0v) is 47.5. The number of rotatable bonds is 15. The summed E-state index contributed by atoms with van der Waals surface area (Å²) in [5, 5.41) is 37.3. The van der Waals surface area contributed by atoms with Crippen LogP contribution >= 0.6 is 12.4 Å². The molecule has 6 aliphatic rings. The number of primary amides is 2. The number of hydrogen-bond donors (Lipinski definition) is 9. The van der Waals surface area contributed by atoms with Gasteiger partial charge >= 0.3 is 18.2 Å². The van der Waals surface area contributed by atoms with Gasteiger partial charge in [0, 0.05) is 25.0 Å². The summed E-state index contributed by atoms with van der Waals surface area (Å²) >= 11 is 0. The van der Waals surface area contributed by atoms with Gasteiger partial charge in [-0.2, -0.15) is 0 Å². The molecule has 0 aromatic rings. The summed E-state index contributed by atoms with van der Waals surface area (Å²) in [6.07, 6.45) is 1.41. The third-order valence-corrected chi connectivity index (χ3v) is 15.3. The third kappa shape index (κ3) is 16.3. The number of halogens is 1. The van der Waals surface area contributed by atoms with Crippen LogP contribution in [0.4, 0.5) is 9.59 Å². The number of ether oxygens (including phenoxy) is 2. The van der Waals surface area contributed by atoms with Crippen LogP contribution < -0.4 is 33.2 Å². The second-order valence-corrected chi connectivity index (χ2v) is 26.8. The smallest absolute Gasteiger partial charge is 0.408 e. The molecule has 0 spiro atoms. The lowest BCUT2D eigenvalue weighted by Gasteiger charge is -2.38. The third-order valence-electron chi connectivity index (χ3n) is 15.3. The summed E-state index contributed by atoms with van der Waals surface area (Å²) in [5.41, 5.74) is 12.9. The molecular weight excluding hydrogens is 980 g/mol. The van der Waals surface area contributed by atoms with Gasteiger partial charge in [-0.1, -0.05) is 94.9 Å². The topological polar surface area (TPSA) is 336 Å². The van der Waals surface area contributed by atoms with Crippen LogP contribution in [0.2, 0.25) is 0 Å². The number of amides is 7. The van der Waals surface area contributed by atoms with E-state index in [1.54, 1.807) is 46.4 Å². The van der Waals surface area contributed by atoms with Gasteiger partial charge in [0.05, 0.1) is 6.04 Å². The van der Waals surface area contributed by atoms with E-state index in [0.717, 1.165) is 12.8 Å². The Balaban J connectivity index is 0.000000330. The number of aliphatic hydroxyl groups is 2. The molecule has 0 aromatic carbocycles. The zero-order chi connectivity index (χ0) is 56.0. The van der Waals surface area contributed by atoms with Crippen LogP contribution in [-0.4, -0.2) is 146 Å². The van der Waals surface area contributed by atoms with E-state index in [0.29, 0.717) is 37.8 Å². The number of nitrogens with two attached hydrogens (primary N) is 3. The molecule has 424 valence electrons. The summed E-state index contributed by atoms with van der Waals surface area (Å²) in [4.78, 5) is 102. The van der Waals surface area contributed by atoms with Crippen LogP contribution in [0.3, 0.4) is 0 Å². The summed E-state index contributed by atoms with van der Waals surface area (Å²) in [5.74, 6) is -2.54. The van der Waals surface area contributed by atoms with Crippen molar-refractivity contribution in [3.05, 3.63) is 0 Å². The maximum absolute atomic E-state index is 13.9. The molecule has 0 bridgehead atoms. The number of alkyl carbamates (subject to hydrolysis) is 2. The minimum absolute atomic E-state index is 0. The highest BCUT2D eigenvalue weighted by atomic mass is 35.5. The summed E-state index contributed by atoms with van der Waals surface area (Å²) in [6.45, 7) is 30.6. The molecular formula is C52H91ClN8O13. The molecule has 6 fully saturated rings. The minimum Gasteiger partial charge on any atom is -0.480 e. The number of fused-ring (bicyclic) bond motifs is 2. The first-order valence-corrected chi connectivity index (χ1v) is 25.9. The van der Waals surface area contributed by atoms with Gasteiger partial charge in [0.2, 0.25) is 29.5 Å². The van der Waals surface area contributed by atoms with Crippen LogP contribution in [0.1, 0.15) is 149 Å². The Labute approximate surface area is 444 Å². The first kappa shape index (κ1) is 63.8. The van der Waals surface area contributed by atoms with Gasteiger partial charge in [-0.05, 0) is 106 Å². The molecule has 4 aliphatic carbocycles. The Bertz CT molecular complexity index is 2090. The lowest BCUT2D eigenvalue weighted by molar-refractivity contribution is -0.152. The standard InChI is InChI=1S/C26H44N4O6.C19H32N2O5.C7H14N2O2.ClH/c1-24(2,3)19(29-23(35)36-25(4,5)6)22(34)30-12-14-16(26(14,7)8)17(30)21(33)28-15(11-13-9-10-13)18(31)20(27)32;1-17(2,3)13(20-16(25)26-18(4,5)6)14(22)21-9-10-11(19(10,7)8)12(21)15(23)24;8-5(3-4-1-2-4)6(10)7(9)11;/h13-19,31H,9-12H2,1-8H3,(H2,27,32)(H,28,33)(H,29,35);10-13H,9H2,1-8H3,(H,20,25)(H,23,24);4-6,10H,1-3,8H2,(H2,9,11);1H/t14?,15?,16-,17?,18?,19+;10?,11-,12?,13+;;/m00../s1. The van der Waals surface area contributed by atoms with Crippen molar-refractivity contribution in [2.45, 2.75) is 209 Å². The van der Waals surface area contributed by atoms with Crippen molar-refractivity contribution in [1.82, 2.24) is 25.8 Å². The summed E-state index contributed by atoms with van der Waals surface area (Å²) < 4.78 is 10.7. The number of piperidine rings is 2. The molecule has 0 aromatic heterocycles. The number of nitrogens with one attached hydrogen (secondary N) is 3. The van der Waals surface area contributed by atoms with Gasteiger partial charge in [-0.15, -0.1) is 12.4 Å². The van der Waals surface area contributed by atoms with Crippen molar-refractivity contribution in [3.8, 4) is 0 Å². The van der Waals surface area contributed by atoms with Crippen LogP contribution in [0.25, 0.3) is 0 Å². The molecule has 7 amide bonds. The average molecular weight is 1070 g/mol. The molecule has 0 radical (unpaired) electrons. The number of likely N-dealkylation sites (tertiary alicyclic amines) is 2. The maximum Gasteiger partial charge on any atom is 0.408 e. The molecule has 21 nitrogen and oxygen atoms in total. The van der Waals surface area contributed by atoms with E-state index in [1.165, 1.54) is 17.7 Å². The second-order valence-electron chi connectivity index (χ2n) is 26.8. The Hall–Kier alpha value is -4.47. The van der Waals surface area contributed by atoms with Gasteiger partial charge < -0.3 is 67.7 Å². The fraction of sp³-hybridized carbons (Fsp3) is 0.846. The average Bonchev–Trinajstić information content (AvgIpc) is 4.19. The largest absolute Gasteiger partial charge is 0.480 e. The van der Waals surface area contributed by atoms with E-state index >= 15 is 0 Å². The van der Waals surface area contributed by atoms with Crippen molar-refractivity contribution >= 4 is 60.1 Å². The number of carbonyl (C=O) groups is 8. The van der Waals surface area contributed by atoms with Gasteiger partial charge in [0.15, 0.2) is 6.10 Å². The van der Waals surface area contributed by atoms with E-state index < -0.39 is 106 Å². The van der Waals surface area contributed by atoms with E-state index in [4.69, 9.17) is 31.8 Å². The summed E-state index contributed by atoms with van der Waals surface area (Å²) in [7, 11) is 0. The Morgan fingerprint density at radius 1 is 0.595 bits per heavy atom. The molecule has 12 atom stereocenters. The number of hydrogen-bond acceptors (Lipinski definition) is 13. The van der Waals surface area contributed by atoms with E-state index in [-0.39, 0.29) is 58.7 Å². The van der Waals surface area contributed by atoms with Gasteiger partial charge in [-0.25, -0.2) is 14.4 Å². The van der Waals surface area contributed by atoms with Crippen LogP contribution in [0, 0.1) is 57.2 Å². The maximum atomic E-state index is 13.9. The molecule has 74 heavy (non-hydrogen) atoms. The SMILES string of the molecule is CC(C)(C)OC(=O)N[C@H](C(=O)N1CC2[C@@H](C1C(=O)NC(CC1CC1)C(O)C(N)=O)C2(C)C)C(C)(C)C.CC(C)(C)OC(=O)N[C@H](C(=O)N1CC2[C@@H](C1C(=O)O)C2(C)C)C(C)(C)C.Cl.NC(=O)C(O)C(N)CC1CC1. The Morgan fingerprint density at radius 3 is 1.27 bits per heavy atom. The Kier molecular flexibility index (Phi) is 19.8. The molecule has 2 saturated heterocycles. The van der Waals surface area contributed by atoms with Crippen molar-refractivity contribution in [2.24, 2.45) is 74.4 Å². The molecule has 2 heterocycles. The number of nitrogens with zero attached hydrogens (tertiary/aromatic N) is 2. The molecule has 6 rings (SSSR count). The molecule has 12 N–H and O–H groups in total. The second kappa shape index (κ2) is 23.0. The van der Waals surface area contributed by atoms with Gasteiger partial charge in [0.25, 0.3) is 0 Å².